The first kappa shape index (κ1) is 11.5. The highest BCUT2D eigenvalue weighted by molar-refractivity contribution is 8.13. The summed E-state index contributed by atoms with van der Waals surface area (Å²) in [7, 11) is 1.35. The van der Waals surface area contributed by atoms with Crippen LogP contribution in [0.1, 0.15) is 19.4 Å². The Balaban J connectivity index is 3.29. The third-order valence-electron chi connectivity index (χ3n) is 1.80. The molecule has 0 fully saturated rings. The molecule has 0 unspecified atom stereocenters. The minimum atomic E-state index is -3.78. The molecule has 0 saturated heterocycles. The molecule has 0 atom stereocenters. The highest BCUT2D eigenvalue weighted by atomic mass is 35.7. The lowest BCUT2D eigenvalue weighted by atomic mass is 10.0. The van der Waals surface area contributed by atoms with Gasteiger partial charge in [0, 0.05) is 10.7 Å². The molecule has 0 heterocycles. The molecule has 0 saturated carbocycles. The Morgan fingerprint density at radius 3 is 2.36 bits per heavy atom. The molecule has 0 aliphatic rings. The molecule has 0 bridgehead atoms. The highest BCUT2D eigenvalue weighted by Gasteiger charge is 2.20. The molecule has 0 aliphatic heterocycles. The summed E-state index contributed by atoms with van der Waals surface area (Å²) in [4.78, 5) is -0.0811. The largest absolute Gasteiger partial charge is 0.261 e. The third-order valence-corrected chi connectivity index (χ3v) is 3.15. The van der Waals surface area contributed by atoms with E-state index in [0.717, 1.165) is 0 Å². The Hall–Kier alpha value is -0.610. The van der Waals surface area contributed by atoms with Crippen LogP contribution in [-0.4, -0.2) is 8.42 Å². The second-order valence-corrected chi connectivity index (χ2v) is 6.00. The molecule has 0 aromatic heterocycles. The summed E-state index contributed by atoms with van der Waals surface area (Å²) in [5, 5.41) is 0. The zero-order chi connectivity index (χ0) is 11.0. The molecule has 1 aromatic carbocycles. The van der Waals surface area contributed by atoms with Crippen molar-refractivity contribution in [3.63, 3.8) is 0 Å². The Morgan fingerprint density at radius 1 is 1.36 bits per heavy atom. The lowest BCUT2D eigenvalue weighted by Crippen LogP contribution is -2.09. The fourth-order valence-corrected chi connectivity index (χ4v) is 1.81. The van der Waals surface area contributed by atoms with Crippen LogP contribution in [0.3, 0.4) is 0 Å². The molecular weight excluding hydrogens is 227 g/mol. The number of hydrogen-bond donors (Lipinski definition) is 0. The number of alkyl halides is 1. The second kappa shape index (κ2) is 3.51. The van der Waals surface area contributed by atoms with Crippen LogP contribution in [0.2, 0.25) is 0 Å². The third kappa shape index (κ3) is 2.69. The maximum absolute atomic E-state index is 13.5. The Bertz CT molecular complexity index is 434. The van der Waals surface area contributed by atoms with Crippen LogP contribution < -0.4 is 0 Å². The maximum Gasteiger partial charge on any atom is 0.261 e. The van der Waals surface area contributed by atoms with Gasteiger partial charge in [-0.3, -0.25) is 0 Å². The smallest absolute Gasteiger partial charge is 0.239 e. The van der Waals surface area contributed by atoms with E-state index in [1.54, 1.807) is 0 Å². The second-order valence-electron chi connectivity index (χ2n) is 3.44. The van der Waals surface area contributed by atoms with Crippen LogP contribution in [0.25, 0.3) is 0 Å². The summed E-state index contributed by atoms with van der Waals surface area (Å²) in [5.41, 5.74) is -1.28. The van der Waals surface area contributed by atoms with Crippen molar-refractivity contribution in [2.45, 2.75) is 24.4 Å². The molecule has 14 heavy (non-hydrogen) atoms. The molecule has 5 heteroatoms. The molecular formula is C9H10ClFO2S. The fraction of sp³-hybridized carbons (Fsp3) is 0.333. The lowest BCUT2D eigenvalue weighted by molar-refractivity contribution is 0.221. The van der Waals surface area contributed by atoms with E-state index in [4.69, 9.17) is 10.7 Å². The first-order valence-electron chi connectivity index (χ1n) is 3.95. The van der Waals surface area contributed by atoms with Crippen LogP contribution in [0.4, 0.5) is 4.39 Å². The molecule has 0 spiro atoms. The zero-order valence-corrected chi connectivity index (χ0v) is 9.36. The summed E-state index contributed by atoms with van der Waals surface area (Å²) < 4.78 is 35.4. The summed E-state index contributed by atoms with van der Waals surface area (Å²) in [6.45, 7) is 2.71. The van der Waals surface area contributed by atoms with Crippen LogP contribution in [0.5, 0.6) is 0 Å². The van der Waals surface area contributed by atoms with Crippen LogP contribution in [0.15, 0.2) is 29.2 Å². The normalized spacial score (nSPS) is 12.9. The number of halogens is 2. The Labute approximate surface area is 87.1 Å². The molecule has 0 aliphatic carbocycles. The van der Waals surface area contributed by atoms with Gasteiger partial charge in [-0.15, -0.1) is 0 Å². The van der Waals surface area contributed by atoms with Crippen molar-refractivity contribution in [1.82, 2.24) is 0 Å². The van der Waals surface area contributed by atoms with Gasteiger partial charge in [0.1, 0.15) is 5.67 Å². The molecule has 1 rings (SSSR count). The van der Waals surface area contributed by atoms with Crippen molar-refractivity contribution in [3.05, 3.63) is 29.8 Å². The average molecular weight is 237 g/mol. The van der Waals surface area contributed by atoms with Gasteiger partial charge in [-0.05, 0) is 31.5 Å². The highest BCUT2D eigenvalue weighted by Crippen LogP contribution is 2.27. The molecule has 2 nitrogen and oxygen atoms in total. The van der Waals surface area contributed by atoms with Gasteiger partial charge in [-0.1, -0.05) is 12.1 Å². The van der Waals surface area contributed by atoms with Gasteiger partial charge < -0.3 is 0 Å². The predicted octanol–water partition coefficient (Wildman–Crippen LogP) is 2.82. The van der Waals surface area contributed by atoms with Gasteiger partial charge in [-0.2, -0.15) is 0 Å². The first-order valence-corrected chi connectivity index (χ1v) is 6.26. The van der Waals surface area contributed by atoms with Crippen LogP contribution in [-0.2, 0) is 14.7 Å². The van der Waals surface area contributed by atoms with E-state index in [0.29, 0.717) is 5.56 Å². The fourth-order valence-electron chi connectivity index (χ4n) is 1.02. The monoisotopic (exact) mass is 236 g/mol. The molecule has 1 aromatic rings. The van der Waals surface area contributed by atoms with E-state index in [1.807, 2.05) is 0 Å². The van der Waals surface area contributed by atoms with Gasteiger partial charge in [0.05, 0.1) is 4.90 Å². The van der Waals surface area contributed by atoms with Gasteiger partial charge in [0.2, 0.25) is 0 Å². The summed E-state index contributed by atoms with van der Waals surface area (Å²) in [6, 6.07) is 5.55. The lowest BCUT2D eigenvalue weighted by Gasteiger charge is -2.14. The van der Waals surface area contributed by atoms with Gasteiger partial charge in [0.25, 0.3) is 9.05 Å². The SMILES string of the molecule is CC(C)(F)c1cccc(S(=O)(=O)Cl)c1. The number of rotatable bonds is 2. The standard InChI is InChI=1S/C9H10ClFO2S/c1-9(2,11)7-4-3-5-8(6-7)14(10,12)13/h3-6H,1-2H3. The maximum atomic E-state index is 13.5. The average Bonchev–Trinajstić information content (AvgIpc) is 2.01. The predicted molar refractivity (Wildman–Crippen MR) is 53.6 cm³/mol. The van der Waals surface area contributed by atoms with E-state index in [-0.39, 0.29) is 4.90 Å². The van der Waals surface area contributed by atoms with Crippen LogP contribution in [0, 0.1) is 0 Å². The molecule has 78 valence electrons. The van der Waals surface area contributed by atoms with E-state index >= 15 is 0 Å². The summed E-state index contributed by atoms with van der Waals surface area (Å²) in [6.07, 6.45) is 0. The van der Waals surface area contributed by atoms with E-state index in [1.165, 1.54) is 38.1 Å². The van der Waals surface area contributed by atoms with Gasteiger partial charge in [-0.25, -0.2) is 12.8 Å². The quantitative estimate of drug-likeness (QED) is 0.740. The molecule has 0 N–H and O–H groups in total. The van der Waals surface area contributed by atoms with Crippen molar-refractivity contribution in [2.75, 3.05) is 0 Å². The topological polar surface area (TPSA) is 34.1 Å². The number of hydrogen-bond acceptors (Lipinski definition) is 2. The van der Waals surface area contributed by atoms with Crippen molar-refractivity contribution >= 4 is 19.7 Å². The number of benzene rings is 1. The van der Waals surface area contributed by atoms with E-state index in [2.05, 4.69) is 0 Å². The van der Waals surface area contributed by atoms with Gasteiger partial charge >= 0.3 is 0 Å². The first-order chi connectivity index (χ1) is 6.21. The van der Waals surface area contributed by atoms with E-state index < -0.39 is 14.7 Å². The minimum absolute atomic E-state index is 0.0811. The molecule has 0 amide bonds. The van der Waals surface area contributed by atoms with Crippen molar-refractivity contribution in [2.24, 2.45) is 0 Å². The zero-order valence-electron chi connectivity index (χ0n) is 7.79. The van der Waals surface area contributed by atoms with Crippen molar-refractivity contribution in [3.8, 4) is 0 Å². The Kier molecular flexibility index (Phi) is 2.88. The van der Waals surface area contributed by atoms with Gasteiger partial charge in [0.15, 0.2) is 0 Å². The minimum Gasteiger partial charge on any atom is -0.239 e. The summed E-state index contributed by atoms with van der Waals surface area (Å²) >= 11 is 0. The Morgan fingerprint density at radius 2 is 1.93 bits per heavy atom. The van der Waals surface area contributed by atoms with Crippen LogP contribution >= 0.6 is 10.7 Å². The molecule has 0 radical (unpaired) electrons. The van der Waals surface area contributed by atoms with E-state index in [9.17, 15) is 12.8 Å². The summed E-state index contributed by atoms with van der Waals surface area (Å²) in [5.74, 6) is 0. The van der Waals surface area contributed by atoms with Crippen molar-refractivity contribution in [1.29, 1.82) is 0 Å². The van der Waals surface area contributed by atoms with Crippen molar-refractivity contribution < 1.29 is 12.8 Å².